The maximum atomic E-state index is 12.2. The Bertz CT molecular complexity index is 891. The number of rotatable bonds is 3. The molecule has 0 aliphatic carbocycles. The van der Waals surface area contributed by atoms with Crippen molar-refractivity contribution in [1.29, 1.82) is 5.26 Å². The number of hydrogen-bond acceptors (Lipinski definition) is 4. The van der Waals surface area contributed by atoms with E-state index in [4.69, 9.17) is 5.26 Å². The van der Waals surface area contributed by atoms with E-state index in [-0.39, 0.29) is 5.91 Å². The van der Waals surface area contributed by atoms with Gasteiger partial charge in [0.25, 0.3) is 5.91 Å². The van der Waals surface area contributed by atoms with Crippen LogP contribution in [0.2, 0.25) is 0 Å². The predicted molar refractivity (Wildman–Crippen MR) is 91.4 cm³/mol. The molecule has 0 unspecified atom stereocenters. The van der Waals surface area contributed by atoms with Crippen molar-refractivity contribution in [3.63, 3.8) is 0 Å². The van der Waals surface area contributed by atoms with Gasteiger partial charge in [-0.2, -0.15) is 5.26 Å². The highest BCUT2D eigenvalue weighted by Gasteiger charge is 2.10. The molecular formula is C18H13N3OS. The normalized spacial score (nSPS) is 10.1. The van der Waals surface area contributed by atoms with Gasteiger partial charge in [0.1, 0.15) is 0 Å². The third-order valence-electron chi connectivity index (χ3n) is 3.31. The lowest BCUT2D eigenvalue weighted by Gasteiger charge is -2.02. The number of thiazole rings is 1. The van der Waals surface area contributed by atoms with Crippen LogP contribution in [0.25, 0.3) is 11.3 Å². The predicted octanol–water partition coefficient (Wildman–Crippen LogP) is 4.24. The first-order valence-corrected chi connectivity index (χ1v) is 7.88. The minimum atomic E-state index is -0.172. The van der Waals surface area contributed by atoms with E-state index < -0.39 is 0 Å². The minimum Gasteiger partial charge on any atom is -0.298 e. The van der Waals surface area contributed by atoms with E-state index in [1.807, 2.05) is 42.6 Å². The number of carbonyl (C=O) groups excluding carboxylic acids is 1. The number of nitrogens with zero attached hydrogens (tertiary/aromatic N) is 2. The standard InChI is InChI=1S/C18H13N3OS/c1-12-3-2-4-15(9-12)17(22)21-18-20-16(11-23-18)14-7-5-13(10-19)6-8-14/h2-9,11H,1H3,(H,20,21,22). The number of nitriles is 1. The molecule has 2 aromatic carbocycles. The lowest BCUT2D eigenvalue weighted by atomic mass is 10.1. The third-order valence-corrected chi connectivity index (χ3v) is 4.07. The molecule has 0 bridgehead atoms. The summed E-state index contributed by atoms with van der Waals surface area (Å²) in [6, 6.07) is 16.7. The molecule has 0 fully saturated rings. The molecule has 1 N–H and O–H groups in total. The second-order valence-corrected chi connectivity index (χ2v) is 5.91. The molecule has 3 rings (SSSR count). The Kier molecular flexibility index (Phi) is 4.18. The number of nitrogens with one attached hydrogen (secondary N) is 1. The van der Waals surface area contributed by atoms with E-state index in [1.54, 1.807) is 18.2 Å². The average molecular weight is 319 g/mol. The number of aryl methyl sites for hydroxylation is 1. The lowest BCUT2D eigenvalue weighted by molar-refractivity contribution is 0.102. The van der Waals surface area contributed by atoms with Crippen LogP contribution in [0.5, 0.6) is 0 Å². The Hall–Kier alpha value is -2.97. The smallest absolute Gasteiger partial charge is 0.257 e. The molecule has 0 saturated carbocycles. The first-order chi connectivity index (χ1) is 11.2. The van der Waals surface area contributed by atoms with Crippen LogP contribution in [-0.4, -0.2) is 10.9 Å². The quantitative estimate of drug-likeness (QED) is 0.785. The molecule has 3 aromatic rings. The van der Waals surface area contributed by atoms with Gasteiger partial charge in [0.2, 0.25) is 0 Å². The van der Waals surface area contributed by atoms with Gasteiger partial charge in [-0.25, -0.2) is 4.98 Å². The van der Waals surface area contributed by atoms with Crippen molar-refractivity contribution >= 4 is 22.4 Å². The molecule has 1 heterocycles. The summed E-state index contributed by atoms with van der Waals surface area (Å²) in [5.41, 5.74) is 3.95. The number of carbonyl (C=O) groups is 1. The SMILES string of the molecule is Cc1cccc(C(=O)Nc2nc(-c3ccc(C#N)cc3)cs2)c1. The minimum absolute atomic E-state index is 0.172. The molecule has 0 aliphatic rings. The van der Waals surface area contributed by atoms with Gasteiger partial charge >= 0.3 is 0 Å². The highest BCUT2D eigenvalue weighted by molar-refractivity contribution is 7.14. The maximum absolute atomic E-state index is 12.2. The van der Waals surface area contributed by atoms with Gasteiger partial charge in [0, 0.05) is 16.5 Å². The van der Waals surface area contributed by atoms with E-state index in [0.717, 1.165) is 16.8 Å². The van der Waals surface area contributed by atoms with Gasteiger partial charge in [-0.05, 0) is 31.2 Å². The van der Waals surface area contributed by atoms with Crippen LogP contribution in [0.4, 0.5) is 5.13 Å². The van der Waals surface area contributed by atoms with Gasteiger partial charge < -0.3 is 0 Å². The van der Waals surface area contributed by atoms with Crippen molar-refractivity contribution in [2.45, 2.75) is 6.92 Å². The second kappa shape index (κ2) is 6.42. The zero-order valence-corrected chi connectivity index (χ0v) is 13.2. The Labute approximate surface area is 138 Å². The highest BCUT2D eigenvalue weighted by atomic mass is 32.1. The van der Waals surface area contributed by atoms with Crippen molar-refractivity contribution in [3.8, 4) is 17.3 Å². The van der Waals surface area contributed by atoms with Crippen LogP contribution in [0, 0.1) is 18.3 Å². The molecule has 0 saturated heterocycles. The summed E-state index contributed by atoms with van der Waals surface area (Å²) in [5.74, 6) is -0.172. The Balaban J connectivity index is 1.76. The average Bonchev–Trinajstić information content (AvgIpc) is 3.03. The molecule has 1 aromatic heterocycles. The summed E-state index contributed by atoms with van der Waals surface area (Å²) in [6.07, 6.45) is 0. The molecule has 23 heavy (non-hydrogen) atoms. The zero-order valence-electron chi connectivity index (χ0n) is 12.4. The van der Waals surface area contributed by atoms with Gasteiger partial charge in [0.05, 0.1) is 17.3 Å². The molecule has 0 radical (unpaired) electrons. The van der Waals surface area contributed by atoms with Crippen LogP contribution in [0.3, 0.4) is 0 Å². The van der Waals surface area contributed by atoms with Crippen LogP contribution in [-0.2, 0) is 0 Å². The number of hydrogen-bond donors (Lipinski definition) is 1. The first kappa shape index (κ1) is 14.9. The van der Waals surface area contributed by atoms with E-state index in [1.165, 1.54) is 11.3 Å². The lowest BCUT2D eigenvalue weighted by Crippen LogP contribution is -2.11. The molecular weight excluding hydrogens is 306 g/mol. The number of anilines is 1. The first-order valence-electron chi connectivity index (χ1n) is 7.00. The fourth-order valence-electron chi connectivity index (χ4n) is 2.13. The molecule has 4 nitrogen and oxygen atoms in total. The molecule has 112 valence electrons. The van der Waals surface area contributed by atoms with Crippen LogP contribution in [0.15, 0.2) is 53.9 Å². The van der Waals surface area contributed by atoms with Crippen molar-refractivity contribution in [2.75, 3.05) is 5.32 Å². The number of benzene rings is 2. The Morgan fingerprint density at radius 2 is 2.00 bits per heavy atom. The summed E-state index contributed by atoms with van der Waals surface area (Å²) in [4.78, 5) is 16.6. The third kappa shape index (κ3) is 3.44. The molecule has 1 amide bonds. The monoisotopic (exact) mass is 319 g/mol. The second-order valence-electron chi connectivity index (χ2n) is 5.05. The van der Waals surface area contributed by atoms with E-state index in [0.29, 0.717) is 16.3 Å². The molecule has 5 heteroatoms. The van der Waals surface area contributed by atoms with Crippen molar-refractivity contribution in [3.05, 3.63) is 70.6 Å². The van der Waals surface area contributed by atoms with Crippen molar-refractivity contribution in [1.82, 2.24) is 4.98 Å². The molecule has 0 aliphatic heterocycles. The Morgan fingerprint density at radius 3 is 2.70 bits per heavy atom. The fraction of sp³-hybridized carbons (Fsp3) is 0.0556. The number of amides is 1. The van der Waals surface area contributed by atoms with Crippen LogP contribution in [0.1, 0.15) is 21.5 Å². The fourth-order valence-corrected chi connectivity index (χ4v) is 2.85. The van der Waals surface area contributed by atoms with Gasteiger partial charge in [-0.15, -0.1) is 11.3 Å². The van der Waals surface area contributed by atoms with Gasteiger partial charge in [-0.1, -0.05) is 29.8 Å². The van der Waals surface area contributed by atoms with Crippen molar-refractivity contribution < 1.29 is 4.79 Å². The number of aromatic nitrogens is 1. The summed E-state index contributed by atoms with van der Waals surface area (Å²) >= 11 is 1.37. The van der Waals surface area contributed by atoms with Crippen molar-refractivity contribution in [2.24, 2.45) is 0 Å². The largest absolute Gasteiger partial charge is 0.298 e. The molecule has 0 spiro atoms. The molecule has 0 atom stereocenters. The van der Waals surface area contributed by atoms with E-state index >= 15 is 0 Å². The Morgan fingerprint density at radius 1 is 1.22 bits per heavy atom. The summed E-state index contributed by atoms with van der Waals surface area (Å²) in [5, 5.41) is 14.1. The topological polar surface area (TPSA) is 65.8 Å². The highest BCUT2D eigenvalue weighted by Crippen LogP contribution is 2.25. The summed E-state index contributed by atoms with van der Waals surface area (Å²) in [7, 11) is 0. The van der Waals surface area contributed by atoms with Crippen LogP contribution >= 0.6 is 11.3 Å². The summed E-state index contributed by atoms with van der Waals surface area (Å²) in [6.45, 7) is 1.95. The van der Waals surface area contributed by atoms with E-state index in [2.05, 4.69) is 16.4 Å². The van der Waals surface area contributed by atoms with Crippen LogP contribution < -0.4 is 5.32 Å². The zero-order chi connectivity index (χ0) is 16.2. The van der Waals surface area contributed by atoms with E-state index in [9.17, 15) is 4.79 Å². The summed E-state index contributed by atoms with van der Waals surface area (Å²) < 4.78 is 0. The van der Waals surface area contributed by atoms with Gasteiger partial charge in [0.15, 0.2) is 5.13 Å². The van der Waals surface area contributed by atoms with Gasteiger partial charge in [-0.3, -0.25) is 10.1 Å². The maximum Gasteiger partial charge on any atom is 0.257 e.